The largest absolute Gasteiger partial charge is 0.493 e. The summed E-state index contributed by atoms with van der Waals surface area (Å²) in [5.74, 6) is 2.15. The summed E-state index contributed by atoms with van der Waals surface area (Å²) in [5.41, 5.74) is 4.73. The molecule has 0 saturated carbocycles. The van der Waals surface area contributed by atoms with Crippen LogP contribution in [0.1, 0.15) is 42.9 Å². The van der Waals surface area contributed by atoms with Gasteiger partial charge in [0.15, 0.2) is 11.5 Å². The Morgan fingerprint density at radius 3 is 2.32 bits per heavy atom. The van der Waals surface area contributed by atoms with E-state index in [0.29, 0.717) is 31.2 Å². The number of rotatable bonds is 7. The lowest BCUT2D eigenvalue weighted by Crippen LogP contribution is -2.36. The van der Waals surface area contributed by atoms with E-state index in [0.717, 1.165) is 30.0 Å². The number of nitrogens with zero attached hydrogens (tertiary/aromatic N) is 1. The summed E-state index contributed by atoms with van der Waals surface area (Å²) in [7, 11) is 3.28. The first-order chi connectivity index (χ1) is 13.5. The molecule has 0 spiro atoms. The van der Waals surface area contributed by atoms with Crippen molar-refractivity contribution in [2.45, 2.75) is 39.2 Å². The summed E-state index contributed by atoms with van der Waals surface area (Å²) in [6.45, 7) is 6.37. The molecule has 1 aliphatic rings. The standard InChI is InChI=1S/C23H30N2O3/c1-16(2)17-5-7-20(8-6-17)24-11-9-23(26)25-12-10-18-13-21(27-3)22(28-4)14-19(18)15-25/h5-8,13-14,16,24H,9-12,15H2,1-4H3. The van der Waals surface area contributed by atoms with E-state index in [1.165, 1.54) is 11.1 Å². The molecule has 2 aromatic rings. The normalized spacial score (nSPS) is 13.2. The topological polar surface area (TPSA) is 50.8 Å². The van der Waals surface area contributed by atoms with Crippen molar-refractivity contribution < 1.29 is 14.3 Å². The van der Waals surface area contributed by atoms with Crippen LogP contribution in [0.3, 0.4) is 0 Å². The van der Waals surface area contributed by atoms with E-state index in [2.05, 4.69) is 43.4 Å². The molecule has 5 heteroatoms. The van der Waals surface area contributed by atoms with Crippen LogP contribution in [0, 0.1) is 0 Å². The van der Waals surface area contributed by atoms with Crippen molar-refractivity contribution in [3.05, 3.63) is 53.1 Å². The lowest BCUT2D eigenvalue weighted by molar-refractivity contribution is -0.131. The molecule has 1 amide bonds. The van der Waals surface area contributed by atoms with E-state index < -0.39 is 0 Å². The molecule has 0 aliphatic carbocycles. The van der Waals surface area contributed by atoms with Crippen molar-refractivity contribution in [2.24, 2.45) is 0 Å². The second-order valence-corrected chi connectivity index (χ2v) is 7.49. The molecule has 150 valence electrons. The van der Waals surface area contributed by atoms with Crippen molar-refractivity contribution >= 4 is 11.6 Å². The number of carbonyl (C=O) groups is 1. The minimum atomic E-state index is 0.173. The lowest BCUT2D eigenvalue weighted by Gasteiger charge is -2.29. The molecular weight excluding hydrogens is 352 g/mol. The van der Waals surface area contributed by atoms with Crippen molar-refractivity contribution in [1.29, 1.82) is 0 Å². The summed E-state index contributed by atoms with van der Waals surface area (Å²) in [6.07, 6.45) is 1.32. The molecule has 1 aliphatic heterocycles. The Kier molecular flexibility index (Phi) is 6.45. The van der Waals surface area contributed by atoms with E-state index in [1.807, 2.05) is 17.0 Å². The molecular formula is C23H30N2O3. The van der Waals surface area contributed by atoms with Gasteiger partial charge in [0.05, 0.1) is 14.2 Å². The minimum Gasteiger partial charge on any atom is -0.493 e. The van der Waals surface area contributed by atoms with Crippen LogP contribution < -0.4 is 14.8 Å². The smallest absolute Gasteiger partial charge is 0.224 e. The van der Waals surface area contributed by atoms with Crippen LogP contribution in [0.2, 0.25) is 0 Å². The Balaban J connectivity index is 1.54. The number of hydrogen-bond donors (Lipinski definition) is 1. The quantitative estimate of drug-likeness (QED) is 0.779. The molecule has 0 unspecified atom stereocenters. The first kappa shape index (κ1) is 20.1. The fourth-order valence-electron chi connectivity index (χ4n) is 3.55. The van der Waals surface area contributed by atoms with Crippen molar-refractivity contribution in [3.63, 3.8) is 0 Å². The molecule has 1 N–H and O–H groups in total. The maximum Gasteiger partial charge on any atom is 0.224 e. The molecule has 0 radical (unpaired) electrons. The molecule has 5 nitrogen and oxygen atoms in total. The number of amides is 1. The fraction of sp³-hybridized carbons (Fsp3) is 0.435. The number of ether oxygens (including phenoxy) is 2. The third-order valence-electron chi connectivity index (χ3n) is 5.32. The van der Waals surface area contributed by atoms with E-state index in [1.54, 1.807) is 14.2 Å². The third-order valence-corrected chi connectivity index (χ3v) is 5.32. The summed E-state index contributed by atoms with van der Waals surface area (Å²) >= 11 is 0. The Hall–Kier alpha value is -2.69. The first-order valence-corrected chi connectivity index (χ1v) is 9.87. The van der Waals surface area contributed by atoms with Gasteiger partial charge in [-0.05, 0) is 53.3 Å². The average Bonchev–Trinajstić information content (AvgIpc) is 2.72. The third kappa shape index (κ3) is 4.58. The van der Waals surface area contributed by atoms with E-state index in [4.69, 9.17) is 9.47 Å². The van der Waals surface area contributed by atoms with Gasteiger partial charge in [-0.25, -0.2) is 0 Å². The maximum absolute atomic E-state index is 12.6. The van der Waals surface area contributed by atoms with Gasteiger partial charge in [-0.15, -0.1) is 0 Å². The Morgan fingerprint density at radius 2 is 1.71 bits per heavy atom. The lowest BCUT2D eigenvalue weighted by atomic mass is 9.98. The summed E-state index contributed by atoms with van der Waals surface area (Å²) in [5, 5.41) is 3.35. The van der Waals surface area contributed by atoms with Gasteiger partial charge in [-0.3, -0.25) is 4.79 Å². The zero-order valence-electron chi connectivity index (χ0n) is 17.2. The van der Waals surface area contributed by atoms with Gasteiger partial charge in [0, 0.05) is 31.7 Å². The van der Waals surface area contributed by atoms with Crippen LogP contribution in [0.25, 0.3) is 0 Å². The molecule has 0 fully saturated rings. The van der Waals surface area contributed by atoms with Crippen molar-refractivity contribution in [3.8, 4) is 11.5 Å². The zero-order valence-corrected chi connectivity index (χ0v) is 17.2. The minimum absolute atomic E-state index is 0.173. The van der Waals surface area contributed by atoms with Gasteiger partial charge in [0.2, 0.25) is 5.91 Å². The van der Waals surface area contributed by atoms with Crippen LogP contribution in [0.5, 0.6) is 11.5 Å². The molecule has 0 atom stereocenters. The predicted molar refractivity (Wildman–Crippen MR) is 112 cm³/mol. The Labute approximate surface area is 167 Å². The van der Waals surface area contributed by atoms with Crippen molar-refractivity contribution in [1.82, 2.24) is 4.90 Å². The maximum atomic E-state index is 12.6. The molecule has 28 heavy (non-hydrogen) atoms. The van der Waals surface area contributed by atoms with Gasteiger partial charge >= 0.3 is 0 Å². The Bertz CT molecular complexity index is 815. The van der Waals surface area contributed by atoms with E-state index in [9.17, 15) is 4.79 Å². The van der Waals surface area contributed by atoms with Gasteiger partial charge < -0.3 is 19.7 Å². The highest BCUT2D eigenvalue weighted by Gasteiger charge is 2.22. The van der Waals surface area contributed by atoms with Gasteiger partial charge in [0.25, 0.3) is 0 Å². The predicted octanol–water partition coefficient (Wildman–Crippen LogP) is 4.21. The molecule has 0 aromatic heterocycles. The molecule has 0 bridgehead atoms. The first-order valence-electron chi connectivity index (χ1n) is 9.87. The molecule has 1 heterocycles. The Morgan fingerprint density at radius 1 is 1.07 bits per heavy atom. The van der Waals surface area contributed by atoms with Crippen molar-refractivity contribution in [2.75, 3.05) is 32.6 Å². The second-order valence-electron chi connectivity index (χ2n) is 7.49. The zero-order chi connectivity index (χ0) is 20.1. The highest BCUT2D eigenvalue weighted by molar-refractivity contribution is 5.77. The average molecular weight is 383 g/mol. The van der Waals surface area contributed by atoms with Gasteiger partial charge in [0.1, 0.15) is 0 Å². The van der Waals surface area contributed by atoms with Crippen LogP contribution in [0.4, 0.5) is 5.69 Å². The van der Waals surface area contributed by atoms with Crippen LogP contribution in [-0.4, -0.2) is 38.1 Å². The van der Waals surface area contributed by atoms with Crippen LogP contribution in [-0.2, 0) is 17.8 Å². The van der Waals surface area contributed by atoms with Gasteiger partial charge in [-0.1, -0.05) is 26.0 Å². The molecule has 2 aromatic carbocycles. The number of hydrogen-bond acceptors (Lipinski definition) is 4. The molecule has 3 rings (SSSR count). The fourth-order valence-corrected chi connectivity index (χ4v) is 3.55. The van der Waals surface area contributed by atoms with E-state index in [-0.39, 0.29) is 5.91 Å². The number of benzene rings is 2. The molecule has 0 saturated heterocycles. The highest BCUT2D eigenvalue weighted by atomic mass is 16.5. The number of methoxy groups -OCH3 is 2. The highest BCUT2D eigenvalue weighted by Crippen LogP contribution is 2.33. The number of anilines is 1. The van der Waals surface area contributed by atoms with E-state index >= 15 is 0 Å². The number of nitrogens with one attached hydrogen (secondary N) is 1. The monoisotopic (exact) mass is 382 g/mol. The van der Waals surface area contributed by atoms with Crippen LogP contribution in [0.15, 0.2) is 36.4 Å². The second kappa shape index (κ2) is 9.00. The van der Waals surface area contributed by atoms with Gasteiger partial charge in [-0.2, -0.15) is 0 Å². The van der Waals surface area contributed by atoms with Crippen LogP contribution >= 0.6 is 0 Å². The summed E-state index contributed by atoms with van der Waals surface area (Å²) < 4.78 is 10.8. The number of carbonyl (C=O) groups excluding carboxylic acids is 1. The number of fused-ring (bicyclic) bond motifs is 1. The SMILES string of the molecule is COc1cc2c(cc1OC)CN(C(=O)CCNc1ccc(C(C)C)cc1)CC2. The summed E-state index contributed by atoms with van der Waals surface area (Å²) in [4.78, 5) is 14.6. The summed E-state index contributed by atoms with van der Waals surface area (Å²) in [6, 6.07) is 12.4.